The summed E-state index contributed by atoms with van der Waals surface area (Å²) < 4.78 is 5.26. The minimum atomic E-state index is 0.376. The van der Waals surface area contributed by atoms with Crippen LogP contribution in [-0.4, -0.2) is 26.2 Å². The molecule has 0 radical (unpaired) electrons. The maximum Gasteiger partial charge on any atom is 0.119 e. The maximum absolute atomic E-state index is 5.96. The predicted molar refractivity (Wildman–Crippen MR) is 79.9 cm³/mol. The van der Waals surface area contributed by atoms with Crippen LogP contribution in [0.2, 0.25) is 0 Å². The molecule has 0 unspecified atom stereocenters. The number of nitrogens with zero attached hydrogens (tertiary/aromatic N) is 1. The summed E-state index contributed by atoms with van der Waals surface area (Å²) in [7, 11) is 1.70. The molecule has 1 heterocycles. The zero-order valence-electron chi connectivity index (χ0n) is 11.3. The molecule has 3 heteroatoms. The van der Waals surface area contributed by atoms with E-state index in [4.69, 9.17) is 10.5 Å². The monoisotopic (exact) mass is 256 g/mol. The Labute approximate surface area is 114 Å². The fourth-order valence-electron chi connectivity index (χ4n) is 2.69. The van der Waals surface area contributed by atoms with Gasteiger partial charge in [0.1, 0.15) is 5.75 Å². The van der Waals surface area contributed by atoms with Gasteiger partial charge in [-0.2, -0.15) is 0 Å². The summed E-state index contributed by atoms with van der Waals surface area (Å²) in [4.78, 5) is 2.42. The lowest BCUT2D eigenvalue weighted by molar-refractivity contribution is 0.415. The van der Waals surface area contributed by atoms with E-state index >= 15 is 0 Å². The smallest absolute Gasteiger partial charge is 0.119 e. The summed E-state index contributed by atoms with van der Waals surface area (Å²) >= 11 is 0. The Hall–Kier alpha value is -1.74. The first-order valence-electron chi connectivity index (χ1n) is 6.84. The lowest BCUT2D eigenvalue weighted by Crippen LogP contribution is -2.39. The highest BCUT2D eigenvalue weighted by Gasteiger charge is 2.16. The van der Waals surface area contributed by atoms with E-state index in [0.717, 1.165) is 31.7 Å². The van der Waals surface area contributed by atoms with E-state index in [1.165, 1.54) is 16.5 Å². The molecule has 0 bridgehead atoms. The van der Waals surface area contributed by atoms with Gasteiger partial charge in [0.05, 0.1) is 7.11 Å². The highest BCUT2D eigenvalue weighted by molar-refractivity contribution is 5.87. The third-order valence-corrected chi connectivity index (χ3v) is 3.94. The van der Waals surface area contributed by atoms with E-state index < -0.39 is 0 Å². The fourth-order valence-corrected chi connectivity index (χ4v) is 2.69. The summed E-state index contributed by atoms with van der Waals surface area (Å²) in [6, 6.07) is 13.2. The minimum absolute atomic E-state index is 0.376. The Morgan fingerprint density at radius 3 is 2.47 bits per heavy atom. The molecular formula is C16H20N2O. The van der Waals surface area contributed by atoms with Gasteiger partial charge in [-0.1, -0.05) is 12.1 Å². The number of hydrogen-bond acceptors (Lipinski definition) is 3. The van der Waals surface area contributed by atoms with Gasteiger partial charge in [0.25, 0.3) is 0 Å². The van der Waals surface area contributed by atoms with E-state index in [1.54, 1.807) is 7.11 Å². The number of hydrogen-bond donors (Lipinski definition) is 1. The highest BCUT2D eigenvalue weighted by Crippen LogP contribution is 2.27. The maximum atomic E-state index is 5.96. The second-order valence-corrected chi connectivity index (χ2v) is 5.22. The van der Waals surface area contributed by atoms with Crippen molar-refractivity contribution < 1.29 is 4.74 Å². The quantitative estimate of drug-likeness (QED) is 0.898. The second-order valence-electron chi connectivity index (χ2n) is 5.22. The van der Waals surface area contributed by atoms with E-state index in [9.17, 15) is 0 Å². The Kier molecular flexibility index (Phi) is 3.30. The second kappa shape index (κ2) is 5.10. The average Bonchev–Trinajstić information content (AvgIpc) is 2.47. The van der Waals surface area contributed by atoms with Gasteiger partial charge in [0.2, 0.25) is 0 Å². The van der Waals surface area contributed by atoms with Crippen LogP contribution < -0.4 is 15.4 Å². The van der Waals surface area contributed by atoms with Crippen molar-refractivity contribution in [3.8, 4) is 5.75 Å². The zero-order chi connectivity index (χ0) is 13.2. The summed E-state index contributed by atoms with van der Waals surface area (Å²) in [6.45, 7) is 2.12. The molecule has 100 valence electrons. The van der Waals surface area contributed by atoms with E-state index in [1.807, 2.05) is 6.07 Å². The van der Waals surface area contributed by atoms with E-state index in [2.05, 4.69) is 35.2 Å². The van der Waals surface area contributed by atoms with Crippen molar-refractivity contribution in [1.82, 2.24) is 0 Å². The van der Waals surface area contributed by atoms with Crippen LogP contribution in [0.1, 0.15) is 12.8 Å². The van der Waals surface area contributed by atoms with Gasteiger partial charge in [-0.15, -0.1) is 0 Å². The number of rotatable bonds is 2. The standard InChI is InChI=1S/C16H20N2O/c1-19-16-5-3-12-10-15(4-2-13(12)11-16)18-8-6-14(17)7-9-18/h2-5,10-11,14H,6-9,17H2,1H3. The van der Waals surface area contributed by atoms with Crippen molar-refractivity contribution in [2.24, 2.45) is 5.73 Å². The van der Waals surface area contributed by atoms with Gasteiger partial charge < -0.3 is 15.4 Å². The Bertz CT molecular complexity index is 574. The van der Waals surface area contributed by atoms with Gasteiger partial charge in [0.15, 0.2) is 0 Å². The molecule has 0 aliphatic carbocycles. The minimum Gasteiger partial charge on any atom is -0.497 e. The molecule has 3 nitrogen and oxygen atoms in total. The van der Waals surface area contributed by atoms with Crippen LogP contribution in [0.15, 0.2) is 36.4 Å². The number of piperidine rings is 1. The van der Waals surface area contributed by atoms with Crippen LogP contribution in [0.3, 0.4) is 0 Å². The zero-order valence-corrected chi connectivity index (χ0v) is 11.3. The van der Waals surface area contributed by atoms with Crippen molar-refractivity contribution >= 4 is 16.5 Å². The van der Waals surface area contributed by atoms with Crippen LogP contribution in [0.25, 0.3) is 10.8 Å². The van der Waals surface area contributed by atoms with Gasteiger partial charge in [-0.05, 0) is 47.9 Å². The molecule has 1 fully saturated rings. The van der Waals surface area contributed by atoms with Gasteiger partial charge in [-0.3, -0.25) is 0 Å². The van der Waals surface area contributed by atoms with Crippen LogP contribution in [-0.2, 0) is 0 Å². The van der Waals surface area contributed by atoms with Crippen molar-refractivity contribution in [2.75, 3.05) is 25.1 Å². The van der Waals surface area contributed by atoms with Gasteiger partial charge in [-0.25, -0.2) is 0 Å². The number of nitrogens with two attached hydrogens (primary N) is 1. The number of ether oxygens (including phenoxy) is 1. The van der Waals surface area contributed by atoms with E-state index in [-0.39, 0.29) is 0 Å². The first kappa shape index (κ1) is 12.3. The SMILES string of the molecule is COc1ccc2cc(N3CCC(N)CC3)ccc2c1. The molecule has 2 aromatic carbocycles. The molecule has 0 amide bonds. The molecule has 1 saturated heterocycles. The highest BCUT2D eigenvalue weighted by atomic mass is 16.5. The summed E-state index contributed by atoms with van der Waals surface area (Å²) in [5.41, 5.74) is 7.25. The molecule has 1 aliphatic rings. The first-order chi connectivity index (χ1) is 9.26. The molecule has 0 aromatic heterocycles. The lowest BCUT2D eigenvalue weighted by Gasteiger charge is -2.32. The molecule has 2 N–H and O–H groups in total. The third kappa shape index (κ3) is 2.51. The van der Waals surface area contributed by atoms with Crippen LogP contribution in [0.4, 0.5) is 5.69 Å². The van der Waals surface area contributed by atoms with Crippen LogP contribution in [0, 0.1) is 0 Å². The summed E-state index contributed by atoms with van der Waals surface area (Å²) in [5, 5.41) is 2.48. The topological polar surface area (TPSA) is 38.5 Å². The van der Waals surface area contributed by atoms with Gasteiger partial charge >= 0.3 is 0 Å². The molecule has 2 aromatic rings. The number of fused-ring (bicyclic) bond motifs is 1. The third-order valence-electron chi connectivity index (χ3n) is 3.94. The molecule has 3 rings (SSSR count). The molecule has 0 spiro atoms. The number of anilines is 1. The van der Waals surface area contributed by atoms with Gasteiger partial charge in [0, 0.05) is 24.8 Å². The first-order valence-corrected chi connectivity index (χ1v) is 6.84. The summed E-state index contributed by atoms with van der Waals surface area (Å²) in [5.74, 6) is 0.907. The Morgan fingerprint density at radius 1 is 1.05 bits per heavy atom. The number of benzene rings is 2. The van der Waals surface area contributed by atoms with Crippen molar-refractivity contribution in [3.05, 3.63) is 36.4 Å². The summed E-state index contributed by atoms with van der Waals surface area (Å²) in [6.07, 6.45) is 2.17. The molecule has 0 saturated carbocycles. The van der Waals surface area contributed by atoms with Crippen molar-refractivity contribution in [2.45, 2.75) is 18.9 Å². The van der Waals surface area contributed by atoms with Crippen LogP contribution >= 0.6 is 0 Å². The average molecular weight is 256 g/mol. The normalized spacial score (nSPS) is 16.8. The Balaban J connectivity index is 1.89. The molecular weight excluding hydrogens is 236 g/mol. The predicted octanol–water partition coefficient (Wildman–Crippen LogP) is 2.78. The molecule has 19 heavy (non-hydrogen) atoms. The molecule has 0 atom stereocenters. The van der Waals surface area contributed by atoms with Crippen LogP contribution in [0.5, 0.6) is 5.75 Å². The fraction of sp³-hybridized carbons (Fsp3) is 0.375. The van der Waals surface area contributed by atoms with E-state index in [0.29, 0.717) is 6.04 Å². The van der Waals surface area contributed by atoms with Crippen molar-refractivity contribution in [3.63, 3.8) is 0 Å². The largest absolute Gasteiger partial charge is 0.497 e. The number of methoxy groups -OCH3 is 1. The lowest BCUT2D eigenvalue weighted by atomic mass is 10.0. The van der Waals surface area contributed by atoms with Crippen molar-refractivity contribution in [1.29, 1.82) is 0 Å². The molecule has 1 aliphatic heterocycles. The Morgan fingerprint density at radius 2 is 1.74 bits per heavy atom.